The first-order valence-electron chi connectivity index (χ1n) is 4.65. The third kappa shape index (κ3) is 1.80. The lowest BCUT2D eigenvalue weighted by atomic mass is 10.2. The van der Waals surface area contributed by atoms with Gasteiger partial charge in [-0.15, -0.1) is 0 Å². The summed E-state index contributed by atoms with van der Waals surface area (Å²) in [4.78, 5) is 11.1. The average Bonchev–Trinajstić information content (AvgIpc) is 2.20. The first kappa shape index (κ1) is 10.8. The zero-order chi connectivity index (χ0) is 10.7. The van der Waals surface area contributed by atoms with Gasteiger partial charge in [-0.2, -0.15) is 0 Å². The Hall–Kier alpha value is -1.29. The van der Waals surface area contributed by atoms with Gasteiger partial charge in [0.05, 0.1) is 18.3 Å². The quantitative estimate of drug-likeness (QED) is 0.748. The third-order valence-corrected chi connectivity index (χ3v) is 2.28. The number of aromatic hydroxyl groups is 1. The van der Waals surface area contributed by atoms with Crippen LogP contribution in [0.15, 0.2) is 17.1 Å². The van der Waals surface area contributed by atoms with E-state index in [4.69, 9.17) is 5.11 Å². The lowest BCUT2D eigenvalue weighted by Gasteiger charge is -2.18. The van der Waals surface area contributed by atoms with Crippen LogP contribution in [0, 0.1) is 0 Å². The Bertz CT molecular complexity index is 370. The molecule has 0 fully saturated rings. The number of nitrogens with zero attached hydrogens (tertiary/aromatic N) is 1. The topological polar surface area (TPSA) is 62.5 Å². The summed E-state index contributed by atoms with van der Waals surface area (Å²) in [5.74, 6) is -0.213. The summed E-state index contributed by atoms with van der Waals surface area (Å²) in [7, 11) is 0. The zero-order valence-electron chi connectivity index (χ0n) is 8.40. The van der Waals surface area contributed by atoms with Crippen molar-refractivity contribution in [1.29, 1.82) is 0 Å². The number of hydrogen-bond donors (Lipinski definition) is 2. The van der Waals surface area contributed by atoms with Gasteiger partial charge in [0.25, 0.3) is 0 Å². The number of aromatic nitrogens is 1. The lowest BCUT2D eigenvalue weighted by molar-refractivity contribution is 0.235. The molecule has 0 aromatic carbocycles. The zero-order valence-corrected chi connectivity index (χ0v) is 8.40. The van der Waals surface area contributed by atoms with E-state index in [1.807, 2.05) is 13.8 Å². The standard InChI is InChI=1S/C10H15NO3/c1-3-8-10(14)9(13)4-5-11(8)7(2)6-12/h4-5,7,12,14H,3,6H2,1-2H3/t7-/m0/s1. The van der Waals surface area contributed by atoms with Gasteiger partial charge in [0.2, 0.25) is 5.43 Å². The monoisotopic (exact) mass is 197 g/mol. The average molecular weight is 197 g/mol. The maximum absolute atomic E-state index is 11.1. The van der Waals surface area contributed by atoms with Gasteiger partial charge in [-0.3, -0.25) is 4.79 Å². The number of aliphatic hydroxyl groups excluding tert-OH is 1. The van der Waals surface area contributed by atoms with E-state index < -0.39 is 0 Å². The van der Waals surface area contributed by atoms with Crippen molar-refractivity contribution in [2.45, 2.75) is 26.3 Å². The van der Waals surface area contributed by atoms with E-state index in [1.165, 1.54) is 6.07 Å². The van der Waals surface area contributed by atoms with Crippen LogP contribution in [0.2, 0.25) is 0 Å². The van der Waals surface area contributed by atoms with E-state index in [9.17, 15) is 9.90 Å². The van der Waals surface area contributed by atoms with Crippen molar-refractivity contribution >= 4 is 0 Å². The van der Waals surface area contributed by atoms with Crippen molar-refractivity contribution in [3.8, 4) is 5.75 Å². The summed E-state index contributed by atoms with van der Waals surface area (Å²) in [6.07, 6.45) is 2.16. The normalized spacial score (nSPS) is 12.8. The third-order valence-electron chi connectivity index (χ3n) is 2.28. The van der Waals surface area contributed by atoms with Gasteiger partial charge in [0.1, 0.15) is 0 Å². The van der Waals surface area contributed by atoms with Gasteiger partial charge >= 0.3 is 0 Å². The van der Waals surface area contributed by atoms with E-state index >= 15 is 0 Å². The maximum Gasteiger partial charge on any atom is 0.223 e. The second-order valence-corrected chi connectivity index (χ2v) is 3.27. The van der Waals surface area contributed by atoms with Gasteiger partial charge in [0.15, 0.2) is 5.75 Å². The molecule has 14 heavy (non-hydrogen) atoms. The molecule has 0 radical (unpaired) electrons. The summed E-state index contributed by atoms with van der Waals surface area (Å²) in [5.41, 5.74) is 0.197. The second kappa shape index (κ2) is 4.28. The molecule has 0 unspecified atom stereocenters. The highest BCUT2D eigenvalue weighted by atomic mass is 16.3. The Morgan fingerprint density at radius 3 is 2.71 bits per heavy atom. The Morgan fingerprint density at radius 1 is 1.57 bits per heavy atom. The molecule has 78 valence electrons. The van der Waals surface area contributed by atoms with E-state index in [0.29, 0.717) is 12.1 Å². The largest absolute Gasteiger partial charge is 0.503 e. The van der Waals surface area contributed by atoms with Crippen LogP contribution < -0.4 is 5.43 Å². The minimum absolute atomic E-state index is 0.0185. The molecule has 0 aliphatic heterocycles. The molecule has 0 saturated carbocycles. The highest BCUT2D eigenvalue weighted by molar-refractivity contribution is 5.27. The van der Waals surface area contributed by atoms with Crippen LogP contribution in [-0.2, 0) is 6.42 Å². The highest BCUT2D eigenvalue weighted by Gasteiger charge is 2.11. The molecule has 1 aromatic rings. The van der Waals surface area contributed by atoms with Crippen molar-refractivity contribution in [2.24, 2.45) is 0 Å². The van der Waals surface area contributed by atoms with Crippen LogP contribution in [0.3, 0.4) is 0 Å². The van der Waals surface area contributed by atoms with Crippen molar-refractivity contribution in [3.05, 3.63) is 28.2 Å². The molecule has 0 bridgehead atoms. The Morgan fingerprint density at radius 2 is 2.21 bits per heavy atom. The number of rotatable bonds is 3. The van der Waals surface area contributed by atoms with E-state index in [0.717, 1.165) is 0 Å². The molecule has 1 rings (SSSR count). The highest BCUT2D eigenvalue weighted by Crippen LogP contribution is 2.16. The summed E-state index contributed by atoms with van der Waals surface area (Å²) >= 11 is 0. The smallest absolute Gasteiger partial charge is 0.223 e. The van der Waals surface area contributed by atoms with Crippen molar-refractivity contribution in [2.75, 3.05) is 6.61 Å². The summed E-state index contributed by atoms with van der Waals surface area (Å²) in [6, 6.07) is 1.18. The molecular formula is C10H15NO3. The molecule has 0 aliphatic rings. The fourth-order valence-corrected chi connectivity index (χ4v) is 1.43. The predicted octanol–water partition coefficient (Wildman–Crippen LogP) is 0.670. The SMILES string of the molecule is CCc1c(O)c(=O)ccn1[C@@H](C)CO. The Labute approximate surface area is 82.4 Å². The second-order valence-electron chi connectivity index (χ2n) is 3.27. The number of hydrogen-bond acceptors (Lipinski definition) is 3. The molecular weight excluding hydrogens is 182 g/mol. The molecule has 1 heterocycles. The summed E-state index contributed by atoms with van der Waals surface area (Å²) in [6.45, 7) is 3.66. The van der Waals surface area contributed by atoms with Gasteiger partial charge in [0, 0.05) is 12.3 Å². The first-order valence-corrected chi connectivity index (χ1v) is 4.65. The first-order chi connectivity index (χ1) is 6.61. The molecule has 4 nitrogen and oxygen atoms in total. The number of pyridine rings is 1. The fourth-order valence-electron chi connectivity index (χ4n) is 1.43. The maximum atomic E-state index is 11.1. The van der Waals surface area contributed by atoms with E-state index in [1.54, 1.807) is 10.8 Å². The minimum Gasteiger partial charge on any atom is -0.503 e. The predicted molar refractivity (Wildman–Crippen MR) is 53.5 cm³/mol. The lowest BCUT2D eigenvalue weighted by Crippen LogP contribution is -2.17. The molecule has 4 heteroatoms. The van der Waals surface area contributed by atoms with Crippen LogP contribution in [-0.4, -0.2) is 21.4 Å². The molecule has 0 amide bonds. The summed E-state index contributed by atoms with van der Waals surface area (Å²) < 4.78 is 1.72. The molecule has 2 N–H and O–H groups in total. The molecule has 0 aliphatic carbocycles. The Balaban J connectivity index is 3.31. The molecule has 1 atom stereocenters. The van der Waals surface area contributed by atoms with Gasteiger partial charge < -0.3 is 14.8 Å². The van der Waals surface area contributed by atoms with Crippen LogP contribution >= 0.6 is 0 Å². The van der Waals surface area contributed by atoms with E-state index in [-0.39, 0.29) is 23.8 Å². The summed E-state index contributed by atoms with van der Waals surface area (Å²) in [5, 5.41) is 18.5. The van der Waals surface area contributed by atoms with Crippen molar-refractivity contribution < 1.29 is 10.2 Å². The molecule has 0 saturated heterocycles. The van der Waals surface area contributed by atoms with Crippen LogP contribution in [0.1, 0.15) is 25.6 Å². The van der Waals surface area contributed by atoms with Gasteiger partial charge in [-0.25, -0.2) is 0 Å². The van der Waals surface area contributed by atoms with Crippen LogP contribution in [0.5, 0.6) is 5.75 Å². The minimum atomic E-state index is -0.372. The Kier molecular flexibility index (Phi) is 3.30. The van der Waals surface area contributed by atoms with E-state index in [2.05, 4.69) is 0 Å². The van der Waals surface area contributed by atoms with Gasteiger partial charge in [-0.1, -0.05) is 6.92 Å². The molecule has 1 aromatic heterocycles. The molecule has 0 spiro atoms. The number of aliphatic hydroxyl groups is 1. The van der Waals surface area contributed by atoms with Crippen LogP contribution in [0.25, 0.3) is 0 Å². The van der Waals surface area contributed by atoms with Crippen molar-refractivity contribution in [1.82, 2.24) is 4.57 Å². The van der Waals surface area contributed by atoms with Gasteiger partial charge in [-0.05, 0) is 13.3 Å². The fraction of sp³-hybridized carbons (Fsp3) is 0.500. The van der Waals surface area contributed by atoms with Crippen molar-refractivity contribution in [3.63, 3.8) is 0 Å². The van der Waals surface area contributed by atoms with Crippen LogP contribution in [0.4, 0.5) is 0 Å².